The molecule has 0 aliphatic carbocycles. The summed E-state index contributed by atoms with van der Waals surface area (Å²) in [4.78, 5) is 11.3. The highest BCUT2D eigenvalue weighted by atomic mass is 16.1. The highest BCUT2D eigenvalue weighted by Gasteiger charge is 2.19. The zero-order chi connectivity index (χ0) is 14.1. The fraction of sp³-hybridized carbons (Fsp3) is 0.167. The lowest BCUT2D eigenvalue weighted by atomic mass is 9.92. The van der Waals surface area contributed by atoms with Crippen molar-refractivity contribution in [1.82, 2.24) is 0 Å². The normalized spacial score (nSPS) is 16.9. The Balaban J connectivity index is 1.94. The Morgan fingerprint density at radius 1 is 1.05 bits per heavy atom. The van der Waals surface area contributed by atoms with E-state index in [4.69, 9.17) is 0 Å². The van der Waals surface area contributed by atoms with Crippen molar-refractivity contribution < 1.29 is 4.79 Å². The number of rotatable bonds is 2. The summed E-state index contributed by atoms with van der Waals surface area (Å²) in [6.45, 7) is 3.72. The minimum Gasteiger partial charge on any atom is -0.374 e. The zero-order valence-electron chi connectivity index (χ0n) is 11.7. The van der Waals surface area contributed by atoms with Gasteiger partial charge in [0.05, 0.1) is 6.04 Å². The molecule has 0 aromatic heterocycles. The van der Waals surface area contributed by atoms with E-state index in [9.17, 15) is 4.79 Å². The van der Waals surface area contributed by atoms with Crippen LogP contribution in [-0.4, -0.2) is 5.78 Å². The minimum atomic E-state index is 0.103. The van der Waals surface area contributed by atoms with Crippen LogP contribution in [0.25, 0.3) is 6.08 Å². The molecule has 1 unspecified atom stereocenters. The van der Waals surface area contributed by atoms with Crippen molar-refractivity contribution in [3.8, 4) is 0 Å². The van der Waals surface area contributed by atoms with Crippen LogP contribution in [0.3, 0.4) is 0 Å². The average Bonchev–Trinajstić information content (AvgIpc) is 2.46. The molecular weight excluding hydrogens is 246 g/mol. The molecule has 3 rings (SSSR count). The molecule has 1 atom stereocenters. The Labute approximate surface area is 119 Å². The molecule has 1 aliphatic rings. The van der Waals surface area contributed by atoms with E-state index in [2.05, 4.69) is 30.4 Å². The van der Waals surface area contributed by atoms with Gasteiger partial charge in [-0.3, -0.25) is 4.79 Å². The van der Waals surface area contributed by atoms with Gasteiger partial charge < -0.3 is 5.32 Å². The highest BCUT2D eigenvalue weighted by Crippen LogP contribution is 2.34. The third kappa shape index (κ3) is 2.25. The second-order valence-corrected chi connectivity index (χ2v) is 5.23. The molecule has 0 amide bonds. The Kier molecular flexibility index (Phi) is 3.15. The number of benzene rings is 2. The number of carbonyl (C=O) groups excluding carboxylic acids is 1. The summed E-state index contributed by atoms with van der Waals surface area (Å²) < 4.78 is 0. The van der Waals surface area contributed by atoms with Crippen LogP contribution in [0, 0.1) is 0 Å². The Morgan fingerprint density at radius 2 is 1.75 bits per heavy atom. The van der Waals surface area contributed by atoms with Crippen LogP contribution in [-0.2, 0) is 0 Å². The molecular formula is C18H17NO. The second kappa shape index (κ2) is 4.97. The number of para-hydroxylation sites is 1. The number of hydrogen-bond donors (Lipinski definition) is 1. The van der Waals surface area contributed by atoms with Gasteiger partial charge in [-0.25, -0.2) is 0 Å². The molecule has 1 heterocycles. The average molecular weight is 263 g/mol. The van der Waals surface area contributed by atoms with Gasteiger partial charge >= 0.3 is 0 Å². The van der Waals surface area contributed by atoms with Crippen molar-refractivity contribution in [2.45, 2.75) is 19.9 Å². The van der Waals surface area contributed by atoms with E-state index in [-0.39, 0.29) is 11.8 Å². The summed E-state index contributed by atoms with van der Waals surface area (Å²) >= 11 is 0. The van der Waals surface area contributed by atoms with Gasteiger partial charge in [0.15, 0.2) is 5.78 Å². The molecule has 0 spiro atoms. The molecule has 0 saturated carbocycles. The van der Waals surface area contributed by atoms with Gasteiger partial charge in [0.2, 0.25) is 0 Å². The monoisotopic (exact) mass is 263 g/mol. The van der Waals surface area contributed by atoms with Crippen LogP contribution in [0.1, 0.15) is 41.4 Å². The quantitative estimate of drug-likeness (QED) is 0.810. The summed E-state index contributed by atoms with van der Waals surface area (Å²) in [5.41, 5.74) is 5.59. The zero-order valence-corrected chi connectivity index (χ0v) is 11.7. The first kappa shape index (κ1) is 12.7. The maximum absolute atomic E-state index is 11.3. The number of nitrogens with one attached hydrogen (secondary N) is 1. The molecule has 2 aromatic rings. The van der Waals surface area contributed by atoms with Crippen molar-refractivity contribution in [1.29, 1.82) is 0 Å². The van der Waals surface area contributed by atoms with Gasteiger partial charge in [0, 0.05) is 11.3 Å². The molecule has 2 heteroatoms. The number of fused-ring (bicyclic) bond motifs is 1. The smallest absolute Gasteiger partial charge is 0.159 e. The Morgan fingerprint density at radius 3 is 2.45 bits per heavy atom. The van der Waals surface area contributed by atoms with Gasteiger partial charge in [-0.1, -0.05) is 48.5 Å². The van der Waals surface area contributed by atoms with E-state index < -0.39 is 0 Å². The van der Waals surface area contributed by atoms with Crippen molar-refractivity contribution >= 4 is 17.5 Å². The summed E-state index contributed by atoms with van der Waals surface area (Å²) in [6, 6.07) is 16.3. The molecule has 100 valence electrons. The summed E-state index contributed by atoms with van der Waals surface area (Å²) in [7, 11) is 0. The highest BCUT2D eigenvalue weighted by molar-refractivity contribution is 5.94. The number of Topliss-reactive ketones (excluding diaryl/α,β-unsaturated/α-hetero) is 1. The summed E-state index contributed by atoms with van der Waals surface area (Å²) in [6.07, 6.45) is 2.22. The van der Waals surface area contributed by atoms with Crippen LogP contribution in [0.5, 0.6) is 0 Å². The van der Waals surface area contributed by atoms with E-state index in [1.165, 1.54) is 16.7 Å². The number of carbonyl (C=O) groups is 1. The summed E-state index contributed by atoms with van der Waals surface area (Å²) in [5.74, 6) is 0.103. The van der Waals surface area contributed by atoms with Crippen molar-refractivity contribution in [3.05, 3.63) is 70.8 Å². The second-order valence-electron chi connectivity index (χ2n) is 5.23. The van der Waals surface area contributed by atoms with Crippen LogP contribution in [0.4, 0.5) is 5.69 Å². The lowest BCUT2D eigenvalue weighted by Gasteiger charge is -2.27. The molecule has 0 bridgehead atoms. The number of hydrogen-bond acceptors (Lipinski definition) is 2. The first-order chi connectivity index (χ1) is 9.65. The van der Waals surface area contributed by atoms with Crippen LogP contribution in [0.2, 0.25) is 0 Å². The molecule has 2 aromatic carbocycles. The lowest BCUT2D eigenvalue weighted by Crippen LogP contribution is -2.16. The molecule has 2 nitrogen and oxygen atoms in total. The number of anilines is 1. The predicted octanol–water partition coefficient (Wildman–Crippen LogP) is 4.46. The van der Waals surface area contributed by atoms with E-state index in [1.807, 2.05) is 36.4 Å². The third-order valence-corrected chi connectivity index (χ3v) is 3.75. The van der Waals surface area contributed by atoms with E-state index in [0.29, 0.717) is 0 Å². The third-order valence-electron chi connectivity index (χ3n) is 3.75. The van der Waals surface area contributed by atoms with Crippen LogP contribution in [0.15, 0.2) is 54.1 Å². The van der Waals surface area contributed by atoms with Crippen LogP contribution >= 0.6 is 0 Å². The number of ketones is 1. The van der Waals surface area contributed by atoms with Gasteiger partial charge in [-0.05, 0) is 36.6 Å². The van der Waals surface area contributed by atoms with E-state index >= 15 is 0 Å². The molecule has 0 saturated heterocycles. The molecule has 1 N–H and O–H groups in total. The predicted molar refractivity (Wildman–Crippen MR) is 82.9 cm³/mol. The Hall–Kier alpha value is -2.35. The van der Waals surface area contributed by atoms with Crippen molar-refractivity contribution in [2.24, 2.45) is 0 Å². The first-order valence-electron chi connectivity index (χ1n) is 6.80. The van der Waals surface area contributed by atoms with E-state index in [0.717, 1.165) is 11.3 Å². The summed E-state index contributed by atoms with van der Waals surface area (Å²) in [5, 5.41) is 3.56. The van der Waals surface area contributed by atoms with Crippen molar-refractivity contribution in [2.75, 3.05) is 5.32 Å². The molecule has 0 fully saturated rings. The topological polar surface area (TPSA) is 29.1 Å². The van der Waals surface area contributed by atoms with E-state index in [1.54, 1.807) is 6.92 Å². The van der Waals surface area contributed by atoms with Gasteiger partial charge in [-0.2, -0.15) is 0 Å². The largest absolute Gasteiger partial charge is 0.374 e. The maximum Gasteiger partial charge on any atom is 0.159 e. The molecule has 0 radical (unpaired) electrons. The fourth-order valence-corrected chi connectivity index (χ4v) is 2.61. The van der Waals surface area contributed by atoms with Crippen LogP contribution < -0.4 is 5.32 Å². The van der Waals surface area contributed by atoms with Crippen molar-refractivity contribution in [3.63, 3.8) is 0 Å². The van der Waals surface area contributed by atoms with Gasteiger partial charge in [-0.15, -0.1) is 0 Å². The molecule has 20 heavy (non-hydrogen) atoms. The van der Waals surface area contributed by atoms with Gasteiger partial charge in [0.1, 0.15) is 0 Å². The molecule has 1 aliphatic heterocycles. The SMILES string of the molecule is CC(=O)c1ccc(C2Nc3ccccc3C=C2C)cc1. The first-order valence-corrected chi connectivity index (χ1v) is 6.80. The van der Waals surface area contributed by atoms with Gasteiger partial charge in [0.25, 0.3) is 0 Å². The lowest BCUT2D eigenvalue weighted by molar-refractivity contribution is 0.101. The Bertz CT molecular complexity index is 683. The minimum absolute atomic E-state index is 0.103. The standard InChI is InChI=1S/C18H17NO/c1-12-11-16-5-3-4-6-17(16)19-18(12)15-9-7-14(8-10-15)13(2)20/h3-11,18-19H,1-2H3. The fourth-order valence-electron chi connectivity index (χ4n) is 2.61. The maximum atomic E-state index is 11.3.